The lowest BCUT2D eigenvalue weighted by molar-refractivity contribution is -0.117. The molecule has 2 saturated heterocycles. The highest BCUT2D eigenvalue weighted by atomic mass is 16.5. The van der Waals surface area contributed by atoms with Crippen LogP contribution in [0.3, 0.4) is 0 Å². The summed E-state index contributed by atoms with van der Waals surface area (Å²) in [6, 6.07) is 14.6. The fourth-order valence-electron chi connectivity index (χ4n) is 3.61. The van der Waals surface area contributed by atoms with Crippen molar-refractivity contribution in [2.45, 2.75) is 31.8 Å². The number of nitrogens with zero attached hydrogens (tertiary/aromatic N) is 1. The molecule has 0 aliphatic carbocycles. The van der Waals surface area contributed by atoms with E-state index >= 15 is 0 Å². The number of nitrogens with one attached hydrogen (secondary N) is 1. The van der Waals surface area contributed by atoms with Crippen LogP contribution in [0, 0.1) is 0 Å². The SMILES string of the molecule is O=C(Nc1cccc(N2CCCC2=O)c1)c1ccccc1OCC1CCCO1. The molecule has 4 rings (SSSR count). The number of benzene rings is 2. The molecule has 28 heavy (non-hydrogen) atoms. The van der Waals surface area contributed by atoms with Crippen LogP contribution in [0.4, 0.5) is 11.4 Å². The fourth-order valence-corrected chi connectivity index (χ4v) is 3.61. The van der Waals surface area contributed by atoms with Crippen LogP contribution in [0.2, 0.25) is 0 Å². The number of anilines is 2. The van der Waals surface area contributed by atoms with E-state index in [1.165, 1.54) is 0 Å². The Morgan fingerprint density at radius 1 is 1.18 bits per heavy atom. The van der Waals surface area contributed by atoms with E-state index in [1.54, 1.807) is 17.0 Å². The van der Waals surface area contributed by atoms with E-state index in [2.05, 4.69) is 5.32 Å². The minimum absolute atomic E-state index is 0.0887. The predicted molar refractivity (Wildman–Crippen MR) is 107 cm³/mol. The van der Waals surface area contributed by atoms with Crippen LogP contribution in [0.1, 0.15) is 36.0 Å². The summed E-state index contributed by atoms with van der Waals surface area (Å²) in [6.45, 7) is 1.93. The second kappa shape index (κ2) is 8.44. The molecule has 2 heterocycles. The monoisotopic (exact) mass is 380 g/mol. The Morgan fingerprint density at radius 3 is 2.86 bits per heavy atom. The first-order valence-electron chi connectivity index (χ1n) is 9.76. The number of carbonyl (C=O) groups is 2. The second-order valence-corrected chi connectivity index (χ2v) is 7.10. The van der Waals surface area contributed by atoms with Gasteiger partial charge < -0.3 is 19.7 Å². The van der Waals surface area contributed by atoms with Gasteiger partial charge in [0.05, 0.1) is 11.7 Å². The van der Waals surface area contributed by atoms with E-state index in [0.29, 0.717) is 30.0 Å². The third kappa shape index (κ3) is 4.17. The Bertz CT molecular complexity index is 861. The number of ether oxygens (including phenoxy) is 2. The number of para-hydroxylation sites is 1. The van der Waals surface area contributed by atoms with E-state index in [-0.39, 0.29) is 17.9 Å². The Kier molecular flexibility index (Phi) is 5.58. The van der Waals surface area contributed by atoms with Gasteiger partial charge in [-0.25, -0.2) is 0 Å². The zero-order valence-electron chi connectivity index (χ0n) is 15.7. The first-order chi connectivity index (χ1) is 13.7. The maximum absolute atomic E-state index is 12.8. The van der Waals surface area contributed by atoms with Crippen molar-refractivity contribution < 1.29 is 19.1 Å². The van der Waals surface area contributed by atoms with E-state index in [4.69, 9.17) is 9.47 Å². The summed E-state index contributed by atoms with van der Waals surface area (Å²) in [5.41, 5.74) is 1.93. The average molecular weight is 380 g/mol. The molecule has 0 radical (unpaired) electrons. The van der Waals surface area contributed by atoms with Crippen molar-refractivity contribution in [1.82, 2.24) is 0 Å². The Balaban J connectivity index is 1.45. The van der Waals surface area contributed by atoms with Gasteiger partial charge in [0.15, 0.2) is 0 Å². The highest BCUT2D eigenvalue weighted by molar-refractivity contribution is 6.06. The van der Waals surface area contributed by atoms with Crippen molar-refractivity contribution in [2.75, 3.05) is 30.0 Å². The molecule has 1 N–H and O–H groups in total. The summed E-state index contributed by atoms with van der Waals surface area (Å²) >= 11 is 0. The Labute approximate surface area is 164 Å². The van der Waals surface area contributed by atoms with Gasteiger partial charge in [0.2, 0.25) is 5.91 Å². The van der Waals surface area contributed by atoms with E-state index in [1.807, 2.05) is 36.4 Å². The number of rotatable bonds is 6. The first kappa shape index (κ1) is 18.5. The van der Waals surface area contributed by atoms with Crippen LogP contribution in [-0.4, -0.2) is 37.7 Å². The van der Waals surface area contributed by atoms with Crippen LogP contribution >= 0.6 is 0 Å². The van der Waals surface area contributed by atoms with Crippen molar-refractivity contribution in [3.05, 3.63) is 54.1 Å². The lowest BCUT2D eigenvalue weighted by Crippen LogP contribution is -2.23. The van der Waals surface area contributed by atoms with E-state index in [0.717, 1.165) is 38.1 Å². The Morgan fingerprint density at radius 2 is 2.07 bits per heavy atom. The molecule has 1 unspecified atom stereocenters. The van der Waals surface area contributed by atoms with Gasteiger partial charge in [-0.15, -0.1) is 0 Å². The minimum atomic E-state index is -0.243. The molecule has 0 saturated carbocycles. The molecule has 0 bridgehead atoms. The molecular formula is C22H24N2O4. The van der Waals surface area contributed by atoms with Gasteiger partial charge in [-0.05, 0) is 49.6 Å². The number of hydrogen-bond acceptors (Lipinski definition) is 4. The zero-order valence-corrected chi connectivity index (χ0v) is 15.7. The standard InChI is InChI=1S/C22H24N2O4/c25-21-11-4-12-24(21)17-7-3-6-16(14-17)23-22(26)19-9-1-2-10-20(19)28-15-18-8-5-13-27-18/h1-3,6-7,9-10,14,18H,4-5,8,11-13,15H2,(H,23,26). The van der Waals surface area contributed by atoms with Gasteiger partial charge in [-0.2, -0.15) is 0 Å². The van der Waals surface area contributed by atoms with Crippen molar-refractivity contribution in [3.63, 3.8) is 0 Å². The third-order valence-corrected chi connectivity index (χ3v) is 5.07. The molecule has 2 fully saturated rings. The number of carbonyl (C=O) groups excluding carboxylic acids is 2. The summed E-state index contributed by atoms with van der Waals surface area (Å²) in [7, 11) is 0. The van der Waals surface area contributed by atoms with Gasteiger partial charge in [-0.3, -0.25) is 9.59 Å². The highest BCUT2D eigenvalue weighted by Crippen LogP contribution is 2.26. The van der Waals surface area contributed by atoms with Crippen molar-refractivity contribution in [2.24, 2.45) is 0 Å². The maximum Gasteiger partial charge on any atom is 0.259 e. The molecule has 2 aromatic rings. The largest absolute Gasteiger partial charge is 0.490 e. The van der Waals surface area contributed by atoms with Gasteiger partial charge in [-0.1, -0.05) is 18.2 Å². The molecule has 2 aliphatic rings. The first-order valence-corrected chi connectivity index (χ1v) is 9.76. The molecule has 2 amide bonds. The predicted octanol–water partition coefficient (Wildman–Crippen LogP) is 3.62. The molecule has 1 atom stereocenters. The molecule has 0 spiro atoms. The maximum atomic E-state index is 12.8. The summed E-state index contributed by atoms with van der Waals surface area (Å²) in [4.78, 5) is 26.6. The lowest BCUT2D eigenvalue weighted by Gasteiger charge is -2.17. The summed E-state index contributed by atoms with van der Waals surface area (Å²) in [6.07, 6.45) is 3.56. The fraction of sp³-hybridized carbons (Fsp3) is 0.364. The van der Waals surface area contributed by atoms with Gasteiger partial charge >= 0.3 is 0 Å². The van der Waals surface area contributed by atoms with Crippen LogP contribution in [0.5, 0.6) is 5.75 Å². The molecule has 146 valence electrons. The molecule has 6 heteroatoms. The van der Waals surface area contributed by atoms with Gasteiger partial charge in [0, 0.05) is 30.9 Å². The van der Waals surface area contributed by atoms with Crippen LogP contribution in [0.15, 0.2) is 48.5 Å². The zero-order chi connectivity index (χ0) is 19.3. The van der Waals surface area contributed by atoms with Crippen LogP contribution in [-0.2, 0) is 9.53 Å². The van der Waals surface area contributed by atoms with Gasteiger partial charge in [0.1, 0.15) is 12.4 Å². The van der Waals surface area contributed by atoms with Gasteiger partial charge in [0.25, 0.3) is 5.91 Å². The molecular weight excluding hydrogens is 356 g/mol. The van der Waals surface area contributed by atoms with Crippen LogP contribution in [0.25, 0.3) is 0 Å². The van der Waals surface area contributed by atoms with Crippen molar-refractivity contribution in [3.8, 4) is 5.75 Å². The summed E-state index contributed by atoms with van der Waals surface area (Å²) < 4.78 is 11.4. The van der Waals surface area contributed by atoms with Crippen molar-refractivity contribution >= 4 is 23.2 Å². The summed E-state index contributed by atoms with van der Waals surface area (Å²) in [5, 5.41) is 2.92. The van der Waals surface area contributed by atoms with Crippen LogP contribution < -0.4 is 15.0 Å². The number of amides is 2. The average Bonchev–Trinajstić information content (AvgIpc) is 3.38. The smallest absolute Gasteiger partial charge is 0.259 e. The minimum Gasteiger partial charge on any atom is -0.490 e. The molecule has 6 nitrogen and oxygen atoms in total. The topological polar surface area (TPSA) is 67.9 Å². The normalized spacial score (nSPS) is 19.1. The van der Waals surface area contributed by atoms with E-state index in [9.17, 15) is 9.59 Å². The second-order valence-electron chi connectivity index (χ2n) is 7.10. The summed E-state index contributed by atoms with van der Waals surface area (Å²) in [5.74, 6) is 0.422. The lowest BCUT2D eigenvalue weighted by atomic mass is 10.1. The third-order valence-electron chi connectivity index (χ3n) is 5.07. The highest BCUT2D eigenvalue weighted by Gasteiger charge is 2.22. The molecule has 0 aromatic heterocycles. The molecule has 2 aliphatic heterocycles. The molecule has 2 aromatic carbocycles. The van der Waals surface area contributed by atoms with Crippen molar-refractivity contribution in [1.29, 1.82) is 0 Å². The van der Waals surface area contributed by atoms with E-state index < -0.39 is 0 Å². The Hall–Kier alpha value is -2.86. The quantitative estimate of drug-likeness (QED) is 0.831. The number of hydrogen-bond donors (Lipinski definition) is 1.